The van der Waals surface area contributed by atoms with Gasteiger partial charge < -0.3 is 5.32 Å². The quantitative estimate of drug-likeness (QED) is 0.652. The summed E-state index contributed by atoms with van der Waals surface area (Å²) in [6.45, 7) is 8.66. The molecule has 0 aromatic carbocycles. The van der Waals surface area contributed by atoms with Crippen LogP contribution in [0.4, 0.5) is 5.82 Å². The Morgan fingerprint density at radius 3 is 2.60 bits per heavy atom. The Morgan fingerprint density at radius 2 is 2.07 bits per heavy atom. The zero-order chi connectivity index (χ0) is 11.4. The van der Waals surface area contributed by atoms with E-state index in [-0.39, 0.29) is 5.28 Å². The molecule has 0 bridgehead atoms. The highest BCUT2D eigenvalue weighted by molar-refractivity contribution is 6.33. The molecule has 1 rings (SSSR count). The highest BCUT2D eigenvalue weighted by atomic mass is 35.5. The Morgan fingerprint density at radius 1 is 1.40 bits per heavy atom. The van der Waals surface area contributed by atoms with Crippen LogP contribution in [0.25, 0.3) is 6.08 Å². The summed E-state index contributed by atoms with van der Waals surface area (Å²) in [4.78, 5) is 7.90. The summed E-state index contributed by atoms with van der Waals surface area (Å²) >= 11 is 11.6. The first-order chi connectivity index (χ1) is 7.04. The molecule has 0 aliphatic carbocycles. The van der Waals surface area contributed by atoms with E-state index in [1.807, 2.05) is 0 Å². The minimum Gasteiger partial charge on any atom is -0.369 e. The average Bonchev–Trinajstić information content (AvgIpc) is 2.13. The number of nitrogens with one attached hydrogen (secondary N) is 1. The van der Waals surface area contributed by atoms with Gasteiger partial charge >= 0.3 is 0 Å². The summed E-state index contributed by atoms with van der Waals surface area (Å²) < 4.78 is 0. The Kier molecular flexibility index (Phi) is 4.36. The lowest BCUT2D eigenvalue weighted by Gasteiger charge is -2.11. The number of anilines is 1. The van der Waals surface area contributed by atoms with E-state index >= 15 is 0 Å². The molecule has 1 aromatic heterocycles. The summed E-state index contributed by atoms with van der Waals surface area (Å²) in [6, 6.07) is 0. The van der Waals surface area contributed by atoms with Gasteiger partial charge in [0.1, 0.15) is 11.0 Å². The van der Waals surface area contributed by atoms with Gasteiger partial charge in [-0.3, -0.25) is 0 Å². The summed E-state index contributed by atoms with van der Waals surface area (Å²) in [5, 5.41) is 3.61. The molecule has 0 radical (unpaired) electrons. The first-order valence-electron chi connectivity index (χ1n) is 4.64. The number of halogens is 2. The molecule has 1 N–H and O–H groups in total. The maximum absolute atomic E-state index is 5.90. The Hall–Kier alpha value is -0.800. The van der Waals surface area contributed by atoms with Crippen molar-refractivity contribution in [2.45, 2.75) is 13.8 Å². The van der Waals surface area contributed by atoms with Crippen molar-refractivity contribution in [1.82, 2.24) is 9.97 Å². The zero-order valence-electron chi connectivity index (χ0n) is 8.72. The number of rotatable bonds is 4. The van der Waals surface area contributed by atoms with Crippen molar-refractivity contribution in [2.75, 3.05) is 11.9 Å². The van der Waals surface area contributed by atoms with Gasteiger partial charge in [0.2, 0.25) is 5.28 Å². The minimum absolute atomic E-state index is 0.136. The first-order valence-corrected chi connectivity index (χ1v) is 5.39. The van der Waals surface area contributed by atoms with E-state index in [0.29, 0.717) is 22.5 Å². The number of aromatic nitrogens is 2. The first kappa shape index (κ1) is 12.3. The van der Waals surface area contributed by atoms with Crippen LogP contribution in [0.5, 0.6) is 0 Å². The van der Waals surface area contributed by atoms with Gasteiger partial charge in [-0.2, -0.15) is 0 Å². The number of nitrogens with zero attached hydrogens (tertiary/aromatic N) is 2. The fraction of sp³-hybridized carbons (Fsp3) is 0.400. The van der Waals surface area contributed by atoms with Crippen LogP contribution in [0.3, 0.4) is 0 Å². The van der Waals surface area contributed by atoms with E-state index in [1.165, 1.54) is 0 Å². The normalized spacial score (nSPS) is 10.5. The topological polar surface area (TPSA) is 37.8 Å². The van der Waals surface area contributed by atoms with Gasteiger partial charge in [0.05, 0.1) is 5.56 Å². The molecule has 0 spiro atoms. The van der Waals surface area contributed by atoms with E-state index < -0.39 is 0 Å². The number of hydrogen-bond donors (Lipinski definition) is 1. The fourth-order valence-corrected chi connectivity index (χ4v) is 1.49. The molecule has 0 amide bonds. The highest BCUT2D eigenvalue weighted by Crippen LogP contribution is 2.23. The molecule has 0 saturated heterocycles. The van der Waals surface area contributed by atoms with Crippen LogP contribution in [-0.2, 0) is 0 Å². The zero-order valence-corrected chi connectivity index (χ0v) is 10.2. The van der Waals surface area contributed by atoms with Crippen LogP contribution in [0.2, 0.25) is 10.4 Å². The minimum atomic E-state index is 0.136. The fourth-order valence-electron chi connectivity index (χ4n) is 1.03. The maximum atomic E-state index is 5.90. The lowest BCUT2D eigenvalue weighted by atomic mass is 10.2. The molecule has 0 aliphatic heterocycles. The van der Waals surface area contributed by atoms with Gasteiger partial charge in [0.25, 0.3) is 0 Å². The number of hydrogen-bond acceptors (Lipinski definition) is 3. The van der Waals surface area contributed by atoms with Gasteiger partial charge in [-0.25, -0.2) is 9.97 Å². The molecular formula is C10H13Cl2N3. The Labute approximate surface area is 99.5 Å². The van der Waals surface area contributed by atoms with Crippen LogP contribution in [0.1, 0.15) is 19.4 Å². The van der Waals surface area contributed by atoms with Crippen LogP contribution in [-0.4, -0.2) is 16.5 Å². The molecule has 0 aliphatic rings. The molecule has 15 heavy (non-hydrogen) atoms. The third kappa shape index (κ3) is 3.36. The summed E-state index contributed by atoms with van der Waals surface area (Å²) in [6.07, 6.45) is 1.61. The van der Waals surface area contributed by atoms with Crippen molar-refractivity contribution >= 4 is 35.1 Å². The second-order valence-corrected chi connectivity index (χ2v) is 4.22. The standard InChI is InChI=1S/C10H13Cl2N3/c1-4-7-8(11)14-10(12)15-9(7)13-5-6(2)3/h4,6H,1,5H2,2-3H3,(H,13,14,15). The van der Waals surface area contributed by atoms with E-state index in [1.54, 1.807) is 6.08 Å². The summed E-state index contributed by atoms with van der Waals surface area (Å²) in [5.74, 6) is 1.14. The molecular weight excluding hydrogens is 233 g/mol. The average molecular weight is 246 g/mol. The molecule has 82 valence electrons. The summed E-state index contributed by atoms with van der Waals surface area (Å²) in [5.41, 5.74) is 0.682. The molecule has 1 heterocycles. The lowest BCUT2D eigenvalue weighted by molar-refractivity contribution is 0.686. The van der Waals surface area contributed by atoms with E-state index in [4.69, 9.17) is 23.2 Å². The predicted molar refractivity (Wildman–Crippen MR) is 65.5 cm³/mol. The Bertz CT molecular complexity index is 364. The lowest BCUT2D eigenvalue weighted by Crippen LogP contribution is -2.11. The second kappa shape index (κ2) is 5.33. The largest absolute Gasteiger partial charge is 0.369 e. The second-order valence-electron chi connectivity index (χ2n) is 3.52. The van der Waals surface area contributed by atoms with Gasteiger partial charge in [-0.15, -0.1) is 0 Å². The van der Waals surface area contributed by atoms with E-state index in [2.05, 4.69) is 35.7 Å². The van der Waals surface area contributed by atoms with Crippen LogP contribution in [0.15, 0.2) is 6.58 Å². The van der Waals surface area contributed by atoms with E-state index in [9.17, 15) is 0 Å². The Balaban J connectivity index is 2.98. The van der Waals surface area contributed by atoms with Crippen LogP contribution < -0.4 is 5.32 Å². The molecule has 3 nitrogen and oxygen atoms in total. The molecule has 0 fully saturated rings. The molecule has 0 unspecified atom stereocenters. The predicted octanol–water partition coefficient (Wildman–Crippen LogP) is 3.49. The SMILES string of the molecule is C=Cc1c(Cl)nc(Cl)nc1NCC(C)C. The van der Waals surface area contributed by atoms with Crippen molar-refractivity contribution in [3.8, 4) is 0 Å². The maximum Gasteiger partial charge on any atom is 0.225 e. The van der Waals surface area contributed by atoms with Crippen molar-refractivity contribution in [3.05, 3.63) is 22.6 Å². The monoisotopic (exact) mass is 245 g/mol. The van der Waals surface area contributed by atoms with Crippen molar-refractivity contribution < 1.29 is 0 Å². The van der Waals surface area contributed by atoms with Gasteiger partial charge in [-0.05, 0) is 17.5 Å². The molecule has 5 heteroatoms. The molecule has 0 atom stereocenters. The molecule has 1 aromatic rings. The van der Waals surface area contributed by atoms with Gasteiger partial charge in [0, 0.05) is 6.54 Å². The third-order valence-corrected chi connectivity index (χ3v) is 2.21. The van der Waals surface area contributed by atoms with Gasteiger partial charge in [-0.1, -0.05) is 38.1 Å². The van der Waals surface area contributed by atoms with Crippen LogP contribution in [0, 0.1) is 5.92 Å². The smallest absolute Gasteiger partial charge is 0.225 e. The van der Waals surface area contributed by atoms with Crippen LogP contribution >= 0.6 is 23.2 Å². The van der Waals surface area contributed by atoms with Crippen molar-refractivity contribution in [1.29, 1.82) is 0 Å². The third-order valence-electron chi connectivity index (χ3n) is 1.75. The van der Waals surface area contributed by atoms with Crippen molar-refractivity contribution in [2.24, 2.45) is 5.92 Å². The van der Waals surface area contributed by atoms with E-state index in [0.717, 1.165) is 6.54 Å². The van der Waals surface area contributed by atoms with Gasteiger partial charge in [0.15, 0.2) is 0 Å². The summed E-state index contributed by atoms with van der Waals surface area (Å²) in [7, 11) is 0. The highest BCUT2D eigenvalue weighted by Gasteiger charge is 2.09. The molecule has 0 saturated carbocycles. The van der Waals surface area contributed by atoms with Crippen molar-refractivity contribution in [3.63, 3.8) is 0 Å².